The van der Waals surface area contributed by atoms with Gasteiger partial charge in [0.05, 0.1) is 11.6 Å². The van der Waals surface area contributed by atoms with Crippen molar-refractivity contribution in [3.8, 4) is 0 Å². The Labute approximate surface area is 103 Å². The van der Waals surface area contributed by atoms with Gasteiger partial charge < -0.3 is 21.3 Å². The highest BCUT2D eigenvalue weighted by atomic mass is 16.6. The Morgan fingerprint density at radius 1 is 1.41 bits per heavy atom. The number of nitrogens with two attached hydrogens (primary N) is 2. The van der Waals surface area contributed by atoms with Crippen molar-refractivity contribution in [2.45, 2.75) is 58.1 Å². The molecular formula is C11H25N3O3. The Morgan fingerprint density at radius 2 is 2.00 bits per heavy atom. The number of carbonyl (C=O) groups excluding carboxylic acids is 1. The normalized spacial score (nSPS) is 15.6. The zero-order valence-corrected chi connectivity index (χ0v) is 10.9. The summed E-state index contributed by atoms with van der Waals surface area (Å²) in [7, 11) is 0. The Morgan fingerprint density at radius 3 is 2.47 bits per heavy atom. The number of unbranched alkanes of at least 4 members (excludes halogenated alkanes) is 1. The number of carbonyl (C=O) groups is 1. The van der Waals surface area contributed by atoms with Crippen molar-refractivity contribution < 1.29 is 14.6 Å². The molecule has 0 bridgehead atoms. The van der Waals surface area contributed by atoms with Gasteiger partial charge in [0.1, 0.15) is 0 Å². The molecule has 0 aliphatic rings. The third-order valence-corrected chi connectivity index (χ3v) is 2.09. The smallest absolute Gasteiger partial charge is 0.234 e. The summed E-state index contributed by atoms with van der Waals surface area (Å²) in [6.07, 6.45) is 1.16. The van der Waals surface area contributed by atoms with Crippen LogP contribution in [0.25, 0.3) is 0 Å². The summed E-state index contributed by atoms with van der Waals surface area (Å²) in [5, 5.41) is 12.3. The van der Waals surface area contributed by atoms with Gasteiger partial charge in [-0.05, 0) is 40.2 Å². The number of hydrogen-bond donors (Lipinski definition) is 4. The second-order valence-electron chi connectivity index (χ2n) is 5.04. The van der Waals surface area contributed by atoms with Gasteiger partial charge in [0, 0.05) is 0 Å². The average molecular weight is 247 g/mol. The summed E-state index contributed by atoms with van der Waals surface area (Å²) < 4.78 is 5.25. The number of amides is 1. The molecule has 0 spiro atoms. The Hall–Kier alpha value is -0.690. The van der Waals surface area contributed by atoms with Crippen molar-refractivity contribution in [2.75, 3.05) is 6.54 Å². The summed E-state index contributed by atoms with van der Waals surface area (Å²) in [5.41, 5.74) is 10.1. The van der Waals surface area contributed by atoms with Gasteiger partial charge in [-0.2, -0.15) is 0 Å². The molecule has 102 valence electrons. The zero-order valence-electron chi connectivity index (χ0n) is 10.9. The number of ether oxygens (including phenoxy) is 1. The number of primary amides is 1. The maximum Gasteiger partial charge on any atom is 0.234 e. The number of aliphatic hydroxyl groups excluding tert-OH is 1. The minimum atomic E-state index is -0.972. The maximum atomic E-state index is 10.6. The molecule has 2 atom stereocenters. The van der Waals surface area contributed by atoms with E-state index in [9.17, 15) is 9.90 Å². The van der Waals surface area contributed by atoms with E-state index in [-0.39, 0.29) is 5.60 Å². The third-order valence-electron chi connectivity index (χ3n) is 2.09. The van der Waals surface area contributed by atoms with Crippen LogP contribution in [0.15, 0.2) is 0 Å². The van der Waals surface area contributed by atoms with Gasteiger partial charge in [-0.3, -0.25) is 10.1 Å². The van der Waals surface area contributed by atoms with Gasteiger partial charge in [0.2, 0.25) is 12.3 Å². The molecule has 0 aliphatic heterocycles. The van der Waals surface area contributed by atoms with Crippen molar-refractivity contribution >= 4 is 5.91 Å². The molecule has 0 saturated carbocycles. The molecule has 1 amide bonds. The number of hydrogen-bond acceptors (Lipinski definition) is 5. The van der Waals surface area contributed by atoms with Crippen molar-refractivity contribution in [1.82, 2.24) is 5.32 Å². The second kappa shape index (κ2) is 7.60. The summed E-state index contributed by atoms with van der Waals surface area (Å²) in [4.78, 5) is 10.6. The molecule has 0 aromatic heterocycles. The van der Waals surface area contributed by atoms with Crippen LogP contribution in [0, 0.1) is 0 Å². The Bertz CT molecular complexity index is 228. The van der Waals surface area contributed by atoms with Crippen LogP contribution in [-0.4, -0.2) is 35.6 Å². The topological polar surface area (TPSA) is 111 Å². The fourth-order valence-electron chi connectivity index (χ4n) is 1.23. The van der Waals surface area contributed by atoms with Crippen LogP contribution in [0.1, 0.15) is 40.0 Å². The monoisotopic (exact) mass is 247 g/mol. The lowest BCUT2D eigenvalue weighted by Gasteiger charge is -2.24. The predicted octanol–water partition coefficient (Wildman–Crippen LogP) is -0.350. The first-order valence-corrected chi connectivity index (χ1v) is 5.86. The van der Waals surface area contributed by atoms with Crippen LogP contribution < -0.4 is 16.8 Å². The van der Waals surface area contributed by atoms with Crippen LogP contribution in [0.5, 0.6) is 0 Å². The lowest BCUT2D eigenvalue weighted by molar-refractivity contribution is -0.181. The molecule has 17 heavy (non-hydrogen) atoms. The van der Waals surface area contributed by atoms with Crippen molar-refractivity contribution in [3.63, 3.8) is 0 Å². The van der Waals surface area contributed by atoms with E-state index in [1.807, 2.05) is 20.8 Å². The van der Waals surface area contributed by atoms with E-state index in [2.05, 4.69) is 5.32 Å². The van der Waals surface area contributed by atoms with Gasteiger partial charge >= 0.3 is 0 Å². The van der Waals surface area contributed by atoms with Crippen LogP contribution in [0.2, 0.25) is 0 Å². The molecule has 6 heteroatoms. The van der Waals surface area contributed by atoms with Gasteiger partial charge in [-0.1, -0.05) is 6.42 Å². The standard InChI is InChI=1S/C11H25N3O3/c1-11(2,3)17-10(16)14-7-5-4-6-8(12)9(13)15/h8,10,14,16H,4-7,12H2,1-3H3,(H2,13,15). The van der Waals surface area contributed by atoms with Crippen LogP contribution in [0.4, 0.5) is 0 Å². The summed E-state index contributed by atoms with van der Waals surface area (Å²) in [5.74, 6) is -0.478. The minimum Gasteiger partial charge on any atom is -0.368 e. The molecule has 6 N–H and O–H groups in total. The summed E-state index contributed by atoms with van der Waals surface area (Å²) >= 11 is 0. The quantitative estimate of drug-likeness (QED) is 0.346. The van der Waals surface area contributed by atoms with E-state index in [1.165, 1.54) is 0 Å². The molecule has 0 radical (unpaired) electrons. The third kappa shape index (κ3) is 10.2. The van der Waals surface area contributed by atoms with Gasteiger partial charge in [-0.25, -0.2) is 0 Å². The average Bonchev–Trinajstić information content (AvgIpc) is 2.13. The van der Waals surface area contributed by atoms with Gasteiger partial charge in [0.15, 0.2) is 0 Å². The van der Waals surface area contributed by atoms with E-state index in [4.69, 9.17) is 16.2 Å². The fraction of sp³-hybridized carbons (Fsp3) is 0.909. The van der Waals surface area contributed by atoms with E-state index < -0.39 is 18.4 Å². The molecule has 0 heterocycles. The largest absolute Gasteiger partial charge is 0.368 e. The molecule has 0 aliphatic carbocycles. The molecule has 6 nitrogen and oxygen atoms in total. The van der Waals surface area contributed by atoms with Crippen LogP contribution in [0.3, 0.4) is 0 Å². The molecule has 0 rings (SSSR count). The highest BCUT2D eigenvalue weighted by Crippen LogP contribution is 2.08. The summed E-state index contributed by atoms with van der Waals surface area (Å²) in [6, 6.07) is -0.578. The molecule has 0 fully saturated rings. The van der Waals surface area contributed by atoms with Gasteiger partial charge in [0.25, 0.3) is 0 Å². The highest BCUT2D eigenvalue weighted by molar-refractivity contribution is 5.79. The first-order valence-electron chi connectivity index (χ1n) is 5.86. The maximum absolute atomic E-state index is 10.6. The molecule has 0 aromatic carbocycles. The highest BCUT2D eigenvalue weighted by Gasteiger charge is 2.15. The van der Waals surface area contributed by atoms with Crippen molar-refractivity contribution in [3.05, 3.63) is 0 Å². The Kier molecular flexibility index (Phi) is 7.29. The van der Waals surface area contributed by atoms with Crippen molar-refractivity contribution in [1.29, 1.82) is 0 Å². The fourth-order valence-corrected chi connectivity index (χ4v) is 1.23. The SMILES string of the molecule is CC(C)(C)OC(O)NCCCCC(N)C(N)=O. The second-order valence-corrected chi connectivity index (χ2v) is 5.04. The summed E-state index contributed by atoms with van der Waals surface area (Å²) in [6.45, 7) is 6.19. The van der Waals surface area contributed by atoms with E-state index in [1.54, 1.807) is 0 Å². The van der Waals surface area contributed by atoms with E-state index >= 15 is 0 Å². The minimum absolute atomic E-state index is 0.388. The zero-order chi connectivity index (χ0) is 13.5. The van der Waals surface area contributed by atoms with E-state index in [0.29, 0.717) is 13.0 Å². The lowest BCUT2D eigenvalue weighted by Crippen LogP contribution is -2.39. The Balaban J connectivity index is 3.49. The lowest BCUT2D eigenvalue weighted by atomic mass is 10.1. The van der Waals surface area contributed by atoms with E-state index in [0.717, 1.165) is 12.8 Å². The molecular weight excluding hydrogens is 222 g/mol. The predicted molar refractivity (Wildman–Crippen MR) is 65.9 cm³/mol. The van der Waals surface area contributed by atoms with Gasteiger partial charge in [-0.15, -0.1) is 0 Å². The number of rotatable bonds is 8. The number of nitrogens with one attached hydrogen (secondary N) is 1. The van der Waals surface area contributed by atoms with Crippen molar-refractivity contribution in [2.24, 2.45) is 11.5 Å². The van der Waals surface area contributed by atoms with Crippen LogP contribution in [-0.2, 0) is 9.53 Å². The molecule has 2 unspecified atom stereocenters. The first kappa shape index (κ1) is 16.3. The molecule has 0 aromatic rings. The molecule has 0 saturated heterocycles. The van der Waals surface area contributed by atoms with Crippen LogP contribution >= 0.6 is 0 Å². The number of aliphatic hydroxyl groups is 1. The first-order chi connectivity index (χ1) is 7.72.